The van der Waals surface area contributed by atoms with Crippen molar-refractivity contribution in [3.05, 3.63) is 162 Å². The highest BCUT2D eigenvalue weighted by molar-refractivity contribution is 6.13. The first-order chi connectivity index (χ1) is 21.7. The Morgan fingerprint density at radius 3 is 1.80 bits per heavy atom. The van der Waals surface area contributed by atoms with Gasteiger partial charge in [0.1, 0.15) is 0 Å². The predicted octanol–water partition coefficient (Wildman–Crippen LogP) is 11.8. The van der Waals surface area contributed by atoms with Gasteiger partial charge in [-0.1, -0.05) is 133 Å². The minimum atomic E-state index is 0.961. The van der Waals surface area contributed by atoms with Gasteiger partial charge in [-0.3, -0.25) is 4.98 Å². The third kappa shape index (κ3) is 4.83. The fourth-order valence-electron chi connectivity index (χ4n) is 6.48. The Balaban J connectivity index is 1.11. The van der Waals surface area contributed by atoms with Crippen molar-refractivity contribution < 1.29 is 0 Å². The van der Waals surface area contributed by atoms with E-state index >= 15 is 0 Å². The molecule has 7 aromatic rings. The molecule has 6 aromatic carbocycles. The molecule has 1 heteroatoms. The lowest BCUT2D eigenvalue weighted by Gasteiger charge is -2.13. The number of hydrogen-bond donors (Lipinski definition) is 0. The first kappa shape index (κ1) is 26.1. The molecule has 0 fully saturated rings. The van der Waals surface area contributed by atoms with Gasteiger partial charge in [0.05, 0.1) is 5.69 Å². The van der Waals surface area contributed by atoms with Gasteiger partial charge in [-0.25, -0.2) is 0 Å². The van der Waals surface area contributed by atoms with Crippen LogP contribution in [0.5, 0.6) is 0 Å². The lowest BCUT2D eigenvalue weighted by molar-refractivity contribution is 1.31. The molecule has 208 valence electrons. The van der Waals surface area contributed by atoms with E-state index < -0.39 is 0 Å². The molecule has 1 aliphatic carbocycles. The molecule has 1 heterocycles. The van der Waals surface area contributed by atoms with E-state index in [0.29, 0.717) is 0 Å². The summed E-state index contributed by atoms with van der Waals surface area (Å²) in [6.07, 6.45) is 11.7. The van der Waals surface area contributed by atoms with Crippen LogP contribution in [0.1, 0.15) is 23.1 Å². The molecule has 0 amide bonds. The van der Waals surface area contributed by atoms with Crippen LogP contribution in [0.15, 0.2) is 146 Å². The van der Waals surface area contributed by atoms with E-state index in [1.807, 2.05) is 6.20 Å². The summed E-state index contributed by atoms with van der Waals surface area (Å²) >= 11 is 0. The molecule has 1 aromatic heterocycles. The molecule has 0 saturated carbocycles. The van der Waals surface area contributed by atoms with Gasteiger partial charge in [0.25, 0.3) is 0 Å². The maximum atomic E-state index is 4.75. The highest BCUT2D eigenvalue weighted by atomic mass is 14.7. The Bertz CT molecular complexity index is 2230. The van der Waals surface area contributed by atoms with Crippen LogP contribution >= 0.6 is 0 Å². The second-order valence-corrected chi connectivity index (χ2v) is 11.7. The molecule has 0 bridgehead atoms. The first-order valence-corrected chi connectivity index (χ1v) is 15.3. The molecule has 0 unspecified atom stereocenters. The Hall–Kier alpha value is -5.53. The fraction of sp³-hybridized carbons (Fsp3) is 0.0465. The van der Waals surface area contributed by atoms with Gasteiger partial charge in [0.15, 0.2) is 0 Å². The van der Waals surface area contributed by atoms with Gasteiger partial charge in [-0.05, 0) is 103 Å². The molecule has 0 radical (unpaired) electrons. The summed E-state index contributed by atoms with van der Waals surface area (Å²) in [5.74, 6) is 0. The van der Waals surface area contributed by atoms with Gasteiger partial charge in [0, 0.05) is 11.8 Å². The highest BCUT2D eigenvalue weighted by Gasteiger charge is 2.11. The zero-order valence-corrected chi connectivity index (χ0v) is 24.7. The summed E-state index contributed by atoms with van der Waals surface area (Å²) < 4.78 is 0. The van der Waals surface area contributed by atoms with Crippen molar-refractivity contribution in [1.29, 1.82) is 0 Å². The maximum Gasteiger partial charge on any atom is 0.0708 e. The Morgan fingerprint density at radius 1 is 0.477 bits per heavy atom. The molecule has 0 N–H and O–H groups in total. The molecule has 0 atom stereocenters. The lowest BCUT2D eigenvalue weighted by Crippen LogP contribution is -1.89. The number of pyridine rings is 1. The lowest BCUT2D eigenvalue weighted by atomic mass is 9.91. The normalized spacial score (nSPS) is 12.4. The van der Waals surface area contributed by atoms with Gasteiger partial charge in [-0.2, -0.15) is 0 Å². The topological polar surface area (TPSA) is 12.9 Å². The van der Waals surface area contributed by atoms with E-state index in [0.717, 1.165) is 17.7 Å². The summed E-state index contributed by atoms with van der Waals surface area (Å²) in [5, 5.41) is 5.15. The molecule has 44 heavy (non-hydrogen) atoms. The largest absolute Gasteiger partial charge is 0.256 e. The van der Waals surface area contributed by atoms with Crippen molar-refractivity contribution in [2.24, 2.45) is 0 Å². The van der Waals surface area contributed by atoms with Gasteiger partial charge in [-0.15, -0.1) is 0 Å². The van der Waals surface area contributed by atoms with Crippen LogP contribution < -0.4 is 0 Å². The predicted molar refractivity (Wildman–Crippen MR) is 188 cm³/mol. The number of hydrogen-bond acceptors (Lipinski definition) is 1. The van der Waals surface area contributed by atoms with E-state index in [9.17, 15) is 0 Å². The Morgan fingerprint density at radius 2 is 1.07 bits per heavy atom. The standard InChI is InChI=1S/C43H31N/c1-29-23-37(25-38(24-29)31-17-21-33(22-18-31)43-27-34-9-3-2-4-11-36(34)28-44-43)30-15-19-32(20-16-30)42-26-35-10-5-6-12-39(35)40-13-7-8-14-41(40)42/h3-28H,2H2,1H3. The third-order valence-electron chi connectivity index (χ3n) is 8.72. The Kier molecular flexibility index (Phi) is 6.50. The minimum absolute atomic E-state index is 0.961. The van der Waals surface area contributed by atoms with Crippen molar-refractivity contribution in [2.45, 2.75) is 13.3 Å². The molecule has 0 saturated heterocycles. The summed E-state index contributed by atoms with van der Waals surface area (Å²) in [4.78, 5) is 4.75. The number of benzene rings is 6. The molecular formula is C43H31N. The number of aryl methyl sites for hydroxylation is 1. The number of nitrogens with zero attached hydrogens (tertiary/aromatic N) is 1. The quantitative estimate of drug-likeness (QED) is 0.195. The van der Waals surface area contributed by atoms with Crippen LogP contribution in [-0.2, 0) is 0 Å². The summed E-state index contributed by atoms with van der Waals surface area (Å²) in [5.41, 5.74) is 13.1. The van der Waals surface area contributed by atoms with Crippen molar-refractivity contribution >= 4 is 33.7 Å². The van der Waals surface area contributed by atoms with E-state index in [2.05, 4.69) is 159 Å². The van der Waals surface area contributed by atoms with Crippen LogP contribution in [0.2, 0.25) is 0 Å². The van der Waals surface area contributed by atoms with E-state index in [4.69, 9.17) is 4.98 Å². The van der Waals surface area contributed by atoms with Crippen molar-refractivity contribution in [2.75, 3.05) is 0 Å². The molecule has 1 nitrogen and oxygen atoms in total. The second-order valence-electron chi connectivity index (χ2n) is 11.7. The number of rotatable bonds is 4. The Labute approximate surface area is 258 Å². The smallest absolute Gasteiger partial charge is 0.0708 e. The minimum Gasteiger partial charge on any atom is -0.256 e. The van der Waals surface area contributed by atoms with Crippen molar-refractivity contribution in [1.82, 2.24) is 4.98 Å². The van der Waals surface area contributed by atoms with Gasteiger partial charge < -0.3 is 0 Å². The fourth-order valence-corrected chi connectivity index (χ4v) is 6.48. The van der Waals surface area contributed by atoms with Crippen LogP contribution in [0.25, 0.3) is 78.3 Å². The second kappa shape index (κ2) is 10.9. The van der Waals surface area contributed by atoms with Crippen LogP contribution in [0.4, 0.5) is 0 Å². The van der Waals surface area contributed by atoms with Crippen molar-refractivity contribution in [3.63, 3.8) is 0 Å². The van der Waals surface area contributed by atoms with Gasteiger partial charge in [0.2, 0.25) is 0 Å². The van der Waals surface area contributed by atoms with Crippen LogP contribution in [0.3, 0.4) is 0 Å². The van der Waals surface area contributed by atoms with Crippen LogP contribution in [0, 0.1) is 6.92 Å². The monoisotopic (exact) mass is 561 g/mol. The summed E-state index contributed by atoms with van der Waals surface area (Å²) in [6.45, 7) is 2.18. The number of fused-ring (bicyclic) bond motifs is 4. The highest BCUT2D eigenvalue weighted by Crippen LogP contribution is 2.36. The molecule has 8 rings (SSSR count). The summed E-state index contributed by atoms with van der Waals surface area (Å²) in [6, 6.07) is 46.6. The van der Waals surface area contributed by atoms with E-state index in [1.54, 1.807) is 0 Å². The van der Waals surface area contributed by atoms with E-state index in [1.165, 1.54) is 71.6 Å². The zero-order valence-electron chi connectivity index (χ0n) is 24.7. The van der Waals surface area contributed by atoms with Crippen molar-refractivity contribution in [3.8, 4) is 44.6 Å². The average Bonchev–Trinajstić information content (AvgIpc) is 3.33. The van der Waals surface area contributed by atoms with E-state index in [-0.39, 0.29) is 0 Å². The summed E-state index contributed by atoms with van der Waals surface area (Å²) in [7, 11) is 0. The maximum absolute atomic E-state index is 4.75. The molecule has 0 aliphatic heterocycles. The average molecular weight is 562 g/mol. The zero-order chi connectivity index (χ0) is 29.5. The van der Waals surface area contributed by atoms with Gasteiger partial charge >= 0.3 is 0 Å². The molecule has 1 aliphatic rings. The number of aromatic nitrogens is 1. The van der Waals surface area contributed by atoms with Crippen LogP contribution in [-0.4, -0.2) is 4.98 Å². The number of allylic oxidation sites excluding steroid dienone is 2. The molecule has 0 spiro atoms. The molecular weight excluding hydrogens is 530 g/mol. The first-order valence-electron chi connectivity index (χ1n) is 15.3. The third-order valence-corrected chi connectivity index (χ3v) is 8.72. The SMILES string of the molecule is Cc1cc(-c2ccc(-c3cc4c(cn3)C=CCC=C4)cc2)cc(-c2ccc(-c3cc4ccccc4c4ccccc34)cc2)c1.